The lowest BCUT2D eigenvalue weighted by Gasteiger charge is -2.17. The van der Waals surface area contributed by atoms with Gasteiger partial charge in [-0.15, -0.1) is 0 Å². The number of amides is 2. The number of aromatic nitrogens is 2. The topological polar surface area (TPSA) is 70.4 Å². The molecule has 0 saturated carbocycles. The summed E-state index contributed by atoms with van der Waals surface area (Å²) in [6.45, 7) is 2.13. The molecule has 1 unspecified atom stereocenters. The molecule has 2 amide bonds. The van der Waals surface area contributed by atoms with Crippen LogP contribution in [0.5, 0.6) is 0 Å². The molecule has 1 atom stereocenters. The smallest absolute Gasteiger partial charge is 0.321 e. The molecule has 0 spiro atoms. The molecule has 1 saturated heterocycles. The highest BCUT2D eigenvalue weighted by Gasteiger charge is 2.25. The summed E-state index contributed by atoms with van der Waals surface area (Å²) in [5.74, 6) is 0.205. The Morgan fingerprint density at radius 1 is 1.41 bits per heavy atom. The van der Waals surface area contributed by atoms with E-state index >= 15 is 0 Å². The second kappa shape index (κ2) is 6.62. The molecular formula is C16H20N4O2. The molecule has 1 aromatic heterocycles. The number of hydrogen-bond acceptors (Lipinski definition) is 3. The maximum absolute atomic E-state index is 12.2. The van der Waals surface area contributed by atoms with Crippen molar-refractivity contribution >= 4 is 11.7 Å². The van der Waals surface area contributed by atoms with E-state index in [0.717, 1.165) is 17.7 Å². The van der Waals surface area contributed by atoms with Gasteiger partial charge in [-0.05, 0) is 30.2 Å². The summed E-state index contributed by atoms with van der Waals surface area (Å²) in [5, 5.41) is 16.3. The lowest BCUT2D eigenvalue weighted by atomic mass is 10.1. The monoisotopic (exact) mass is 300 g/mol. The van der Waals surface area contributed by atoms with E-state index in [1.165, 1.54) is 0 Å². The fourth-order valence-corrected chi connectivity index (χ4v) is 2.70. The van der Waals surface area contributed by atoms with Gasteiger partial charge in [-0.25, -0.2) is 4.79 Å². The molecule has 22 heavy (non-hydrogen) atoms. The lowest BCUT2D eigenvalue weighted by molar-refractivity contribution is 0.209. The van der Waals surface area contributed by atoms with Crippen LogP contribution >= 0.6 is 0 Å². The van der Waals surface area contributed by atoms with E-state index in [2.05, 4.69) is 10.4 Å². The summed E-state index contributed by atoms with van der Waals surface area (Å²) in [5.41, 5.74) is 1.86. The molecule has 2 N–H and O–H groups in total. The molecule has 2 heterocycles. The van der Waals surface area contributed by atoms with E-state index in [1.807, 2.05) is 41.2 Å². The Balaban J connectivity index is 1.61. The van der Waals surface area contributed by atoms with Gasteiger partial charge < -0.3 is 15.3 Å². The van der Waals surface area contributed by atoms with E-state index in [0.29, 0.717) is 19.6 Å². The first kappa shape index (κ1) is 14.6. The minimum absolute atomic E-state index is 0.104. The number of nitrogens with zero attached hydrogens (tertiary/aromatic N) is 3. The molecule has 0 aliphatic carbocycles. The van der Waals surface area contributed by atoms with Gasteiger partial charge in [-0.3, -0.25) is 4.68 Å². The average molecular weight is 300 g/mol. The normalized spacial score (nSPS) is 17.7. The van der Waals surface area contributed by atoms with Crippen LogP contribution in [0.2, 0.25) is 0 Å². The molecule has 1 aliphatic rings. The van der Waals surface area contributed by atoms with E-state index in [4.69, 9.17) is 5.11 Å². The Labute approximate surface area is 129 Å². The fourth-order valence-electron chi connectivity index (χ4n) is 2.70. The van der Waals surface area contributed by atoms with Crippen molar-refractivity contribution in [3.63, 3.8) is 0 Å². The first-order chi connectivity index (χ1) is 10.7. The molecule has 0 bridgehead atoms. The van der Waals surface area contributed by atoms with Crippen molar-refractivity contribution in [1.29, 1.82) is 0 Å². The number of carbonyl (C=O) groups excluding carboxylic acids is 1. The predicted octanol–water partition coefficient (Wildman–Crippen LogP) is 1.78. The molecule has 1 aliphatic heterocycles. The second-order valence-corrected chi connectivity index (χ2v) is 5.62. The highest BCUT2D eigenvalue weighted by atomic mass is 16.3. The summed E-state index contributed by atoms with van der Waals surface area (Å²) in [6, 6.07) is 9.55. The Bertz CT molecular complexity index is 627. The van der Waals surface area contributed by atoms with Crippen LogP contribution in [0.4, 0.5) is 10.5 Å². The molecule has 1 aromatic carbocycles. The van der Waals surface area contributed by atoms with Gasteiger partial charge >= 0.3 is 6.03 Å². The van der Waals surface area contributed by atoms with E-state index in [9.17, 15) is 4.79 Å². The zero-order valence-electron chi connectivity index (χ0n) is 12.4. The molecule has 116 valence electrons. The van der Waals surface area contributed by atoms with Crippen LogP contribution in [0.1, 0.15) is 12.0 Å². The van der Waals surface area contributed by atoms with E-state index in [1.54, 1.807) is 11.1 Å². The molecular weight excluding hydrogens is 280 g/mol. The number of hydrogen-bond donors (Lipinski definition) is 2. The summed E-state index contributed by atoms with van der Waals surface area (Å²) in [6.07, 6.45) is 4.52. The van der Waals surface area contributed by atoms with Gasteiger partial charge in [-0.2, -0.15) is 5.10 Å². The highest BCUT2D eigenvalue weighted by Crippen LogP contribution is 2.18. The third kappa shape index (κ3) is 3.46. The van der Waals surface area contributed by atoms with Crippen LogP contribution in [0.15, 0.2) is 42.7 Å². The number of rotatable bonds is 4. The van der Waals surface area contributed by atoms with Crippen LogP contribution in [-0.4, -0.2) is 45.5 Å². The van der Waals surface area contributed by atoms with Crippen molar-refractivity contribution in [2.75, 3.05) is 25.0 Å². The molecule has 1 fully saturated rings. The van der Waals surface area contributed by atoms with Gasteiger partial charge in [-0.1, -0.05) is 12.1 Å². The van der Waals surface area contributed by atoms with Crippen LogP contribution in [-0.2, 0) is 6.54 Å². The summed E-state index contributed by atoms with van der Waals surface area (Å²) in [4.78, 5) is 14.0. The van der Waals surface area contributed by atoms with Gasteiger partial charge in [0.1, 0.15) is 0 Å². The number of anilines is 1. The van der Waals surface area contributed by atoms with Crippen molar-refractivity contribution in [3.8, 4) is 0 Å². The average Bonchev–Trinajstić information content (AvgIpc) is 3.18. The first-order valence-electron chi connectivity index (χ1n) is 7.48. The van der Waals surface area contributed by atoms with Crippen molar-refractivity contribution < 1.29 is 9.90 Å². The maximum atomic E-state index is 12.2. The molecule has 2 aromatic rings. The van der Waals surface area contributed by atoms with E-state index in [-0.39, 0.29) is 18.6 Å². The lowest BCUT2D eigenvalue weighted by Crippen LogP contribution is -2.33. The number of nitrogens with one attached hydrogen (secondary N) is 1. The second-order valence-electron chi connectivity index (χ2n) is 5.62. The van der Waals surface area contributed by atoms with Gasteiger partial charge in [0.2, 0.25) is 0 Å². The summed E-state index contributed by atoms with van der Waals surface area (Å²) >= 11 is 0. The van der Waals surface area contributed by atoms with Crippen molar-refractivity contribution in [3.05, 3.63) is 48.3 Å². The van der Waals surface area contributed by atoms with Crippen LogP contribution in [0, 0.1) is 5.92 Å². The van der Waals surface area contributed by atoms with Crippen molar-refractivity contribution in [1.82, 2.24) is 14.7 Å². The van der Waals surface area contributed by atoms with Crippen molar-refractivity contribution in [2.24, 2.45) is 5.92 Å². The van der Waals surface area contributed by atoms with E-state index < -0.39 is 0 Å². The van der Waals surface area contributed by atoms with Crippen molar-refractivity contribution in [2.45, 2.75) is 13.0 Å². The Morgan fingerprint density at radius 2 is 2.32 bits per heavy atom. The number of aliphatic hydroxyl groups is 1. The van der Waals surface area contributed by atoms with Gasteiger partial charge in [0.05, 0.1) is 6.54 Å². The fraction of sp³-hybridized carbons (Fsp3) is 0.375. The summed E-state index contributed by atoms with van der Waals surface area (Å²) in [7, 11) is 0. The van der Waals surface area contributed by atoms with Crippen LogP contribution in [0.25, 0.3) is 0 Å². The Kier molecular flexibility index (Phi) is 4.39. The number of likely N-dealkylation sites (tertiary alicyclic amines) is 1. The first-order valence-corrected chi connectivity index (χ1v) is 7.48. The zero-order chi connectivity index (χ0) is 15.4. The molecule has 6 heteroatoms. The molecule has 0 radical (unpaired) electrons. The number of aliphatic hydroxyl groups excluding tert-OH is 1. The minimum Gasteiger partial charge on any atom is -0.396 e. The number of urea groups is 1. The third-order valence-corrected chi connectivity index (χ3v) is 3.91. The number of benzene rings is 1. The number of carbonyl (C=O) groups is 1. The van der Waals surface area contributed by atoms with Gasteiger partial charge in [0, 0.05) is 43.7 Å². The molecule has 6 nitrogen and oxygen atoms in total. The Hall–Kier alpha value is -2.34. The highest BCUT2D eigenvalue weighted by molar-refractivity contribution is 5.89. The standard InChI is InChI=1S/C16H20N4O2/c21-12-14-5-8-19(10-14)16(22)18-15-4-1-3-13(9-15)11-20-7-2-6-17-20/h1-4,6-7,9,14,21H,5,8,10-12H2,(H,18,22). The molecule has 3 rings (SSSR count). The maximum Gasteiger partial charge on any atom is 0.321 e. The third-order valence-electron chi connectivity index (χ3n) is 3.91. The zero-order valence-corrected chi connectivity index (χ0v) is 12.4. The SMILES string of the molecule is O=C(Nc1cccc(Cn2cccn2)c1)N1CCC(CO)C1. The van der Waals surface area contributed by atoms with Crippen LogP contribution < -0.4 is 5.32 Å². The Morgan fingerprint density at radius 3 is 3.05 bits per heavy atom. The largest absolute Gasteiger partial charge is 0.396 e. The summed E-state index contributed by atoms with van der Waals surface area (Å²) < 4.78 is 1.84. The predicted molar refractivity (Wildman–Crippen MR) is 83.6 cm³/mol. The van der Waals surface area contributed by atoms with Gasteiger partial charge in [0.15, 0.2) is 0 Å². The van der Waals surface area contributed by atoms with Gasteiger partial charge in [0.25, 0.3) is 0 Å². The van der Waals surface area contributed by atoms with Crippen LogP contribution in [0.3, 0.4) is 0 Å². The minimum atomic E-state index is -0.104. The quantitative estimate of drug-likeness (QED) is 0.904.